The van der Waals surface area contributed by atoms with Crippen LogP contribution in [0.1, 0.15) is 38.0 Å². The number of nitrogens with one attached hydrogen (secondary N) is 2. The maximum atomic E-state index is 12.6. The Bertz CT molecular complexity index is 1410. The van der Waals surface area contributed by atoms with Crippen molar-refractivity contribution < 1.29 is 28.9 Å². The molecule has 0 fully saturated rings. The van der Waals surface area contributed by atoms with Crippen LogP contribution in [0.4, 0.5) is 16.4 Å². The minimum Gasteiger partial charge on any atom is -0.476 e. The normalized spacial score (nSPS) is 12.0. The lowest BCUT2D eigenvalue weighted by atomic mass is 9.98. The van der Waals surface area contributed by atoms with Crippen LogP contribution in [0.3, 0.4) is 0 Å². The molecule has 1 aliphatic carbocycles. The Labute approximate surface area is 197 Å². The molecular formula is C23H18N6O6. The van der Waals surface area contributed by atoms with E-state index in [1.807, 2.05) is 48.5 Å². The third-order valence-electron chi connectivity index (χ3n) is 5.61. The second-order valence-electron chi connectivity index (χ2n) is 7.71. The average molecular weight is 474 g/mol. The number of carboxylic acids is 1. The standard InChI is InChI=1S/C23H18N6O6/c1-29-18(10-17(26-29)22(31)32)24-21(30)19-20(28-35-27-19)25-23(33)34-11-16-14-8-4-2-6-12(14)13-7-3-5-9-15(13)16/h2-10,16H,11H2,1H3,(H,24,30)(H,31,32)(H,25,28,33). The van der Waals surface area contributed by atoms with Gasteiger partial charge in [-0.05, 0) is 32.6 Å². The van der Waals surface area contributed by atoms with E-state index in [9.17, 15) is 14.4 Å². The highest BCUT2D eigenvalue weighted by atomic mass is 16.6. The third-order valence-corrected chi connectivity index (χ3v) is 5.61. The van der Waals surface area contributed by atoms with Crippen LogP contribution in [0.5, 0.6) is 0 Å². The van der Waals surface area contributed by atoms with Gasteiger partial charge in [-0.2, -0.15) is 5.10 Å². The van der Waals surface area contributed by atoms with Gasteiger partial charge in [0.05, 0.1) is 0 Å². The highest BCUT2D eigenvalue weighted by Gasteiger charge is 2.29. The van der Waals surface area contributed by atoms with Gasteiger partial charge in [0.15, 0.2) is 5.69 Å². The number of amides is 2. The molecule has 0 aliphatic heterocycles. The smallest absolute Gasteiger partial charge is 0.412 e. The lowest BCUT2D eigenvalue weighted by Gasteiger charge is -2.14. The van der Waals surface area contributed by atoms with Gasteiger partial charge in [-0.3, -0.25) is 14.8 Å². The summed E-state index contributed by atoms with van der Waals surface area (Å²) in [5.41, 5.74) is 3.73. The van der Waals surface area contributed by atoms with Crippen LogP contribution in [0.15, 0.2) is 59.2 Å². The SMILES string of the molecule is Cn1nc(C(=O)O)cc1NC(=O)c1nonc1NC(=O)OCC1c2ccccc2-c2ccccc21. The first-order valence-corrected chi connectivity index (χ1v) is 10.5. The summed E-state index contributed by atoms with van der Waals surface area (Å²) in [5, 5.41) is 24.7. The summed E-state index contributed by atoms with van der Waals surface area (Å²) in [6, 6.07) is 17.0. The number of aryl methyl sites for hydroxylation is 1. The molecule has 2 amide bonds. The molecule has 2 heterocycles. The number of benzene rings is 2. The van der Waals surface area contributed by atoms with Crippen molar-refractivity contribution in [2.45, 2.75) is 5.92 Å². The highest BCUT2D eigenvalue weighted by molar-refractivity contribution is 6.07. The molecule has 0 saturated carbocycles. The maximum Gasteiger partial charge on any atom is 0.412 e. The lowest BCUT2D eigenvalue weighted by molar-refractivity contribution is 0.0689. The Morgan fingerprint density at radius 1 is 1.03 bits per heavy atom. The second kappa shape index (κ2) is 8.74. The van der Waals surface area contributed by atoms with Gasteiger partial charge >= 0.3 is 12.1 Å². The Morgan fingerprint density at radius 2 is 1.69 bits per heavy atom. The topological polar surface area (TPSA) is 161 Å². The summed E-state index contributed by atoms with van der Waals surface area (Å²) >= 11 is 0. The monoisotopic (exact) mass is 474 g/mol. The van der Waals surface area contributed by atoms with Crippen molar-refractivity contribution in [1.82, 2.24) is 20.1 Å². The van der Waals surface area contributed by atoms with E-state index >= 15 is 0 Å². The second-order valence-corrected chi connectivity index (χ2v) is 7.71. The van der Waals surface area contributed by atoms with Crippen molar-refractivity contribution in [2.75, 3.05) is 17.2 Å². The highest BCUT2D eigenvalue weighted by Crippen LogP contribution is 2.44. The molecule has 12 heteroatoms. The summed E-state index contributed by atoms with van der Waals surface area (Å²) in [5.74, 6) is -2.33. The zero-order valence-electron chi connectivity index (χ0n) is 18.3. The van der Waals surface area contributed by atoms with Crippen molar-refractivity contribution >= 4 is 29.6 Å². The number of anilines is 2. The van der Waals surface area contributed by atoms with Crippen molar-refractivity contribution in [3.05, 3.63) is 77.1 Å². The van der Waals surface area contributed by atoms with Gasteiger partial charge in [0.25, 0.3) is 5.91 Å². The molecule has 5 rings (SSSR count). The number of hydrogen-bond acceptors (Lipinski definition) is 8. The van der Waals surface area contributed by atoms with Crippen LogP contribution >= 0.6 is 0 Å². The molecule has 2 aromatic heterocycles. The van der Waals surface area contributed by atoms with E-state index < -0.39 is 18.0 Å². The molecule has 3 N–H and O–H groups in total. The fourth-order valence-electron chi connectivity index (χ4n) is 4.01. The molecule has 0 saturated heterocycles. The largest absolute Gasteiger partial charge is 0.476 e. The molecule has 0 bridgehead atoms. The van der Waals surface area contributed by atoms with Crippen LogP contribution in [0.2, 0.25) is 0 Å². The van der Waals surface area contributed by atoms with Crippen molar-refractivity contribution in [1.29, 1.82) is 0 Å². The molecule has 4 aromatic rings. The summed E-state index contributed by atoms with van der Waals surface area (Å²) in [4.78, 5) is 36.2. The molecule has 0 spiro atoms. The van der Waals surface area contributed by atoms with E-state index in [1.165, 1.54) is 17.8 Å². The predicted molar refractivity (Wildman–Crippen MR) is 121 cm³/mol. The average Bonchev–Trinajstić information content (AvgIpc) is 3.54. The first-order valence-electron chi connectivity index (χ1n) is 10.5. The zero-order chi connectivity index (χ0) is 24.5. The molecular weight excluding hydrogens is 456 g/mol. The van der Waals surface area contributed by atoms with E-state index in [4.69, 9.17) is 9.84 Å². The zero-order valence-corrected chi connectivity index (χ0v) is 18.3. The number of carboxylic acid groups (broad SMARTS) is 1. The summed E-state index contributed by atoms with van der Waals surface area (Å²) in [6.45, 7) is 0.0691. The molecule has 12 nitrogen and oxygen atoms in total. The fourth-order valence-corrected chi connectivity index (χ4v) is 4.01. The minimum atomic E-state index is -1.25. The number of rotatable bonds is 6. The molecule has 0 atom stereocenters. The maximum absolute atomic E-state index is 12.6. The quantitative estimate of drug-likeness (QED) is 0.381. The molecule has 0 radical (unpaired) electrons. The van der Waals surface area contributed by atoms with E-state index in [-0.39, 0.29) is 35.5 Å². The van der Waals surface area contributed by atoms with Crippen LogP contribution in [-0.2, 0) is 11.8 Å². The lowest BCUT2D eigenvalue weighted by Crippen LogP contribution is -2.21. The molecule has 35 heavy (non-hydrogen) atoms. The van der Waals surface area contributed by atoms with Gasteiger partial charge in [0.1, 0.15) is 12.4 Å². The summed E-state index contributed by atoms with van der Waals surface area (Å²) in [6.07, 6.45) is -0.842. The number of carbonyl (C=O) groups is 3. The number of hydrogen-bond donors (Lipinski definition) is 3. The molecule has 176 valence electrons. The van der Waals surface area contributed by atoms with Crippen molar-refractivity contribution in [2.24, 2.45) is 7.05 Å². The van der Waals surface area contributed by atoms with Gasteiger partial charge in [-0.15, -0.1) is 0 Å². The van der Waals surface area contributed by atoms with Crippen LogP contribution in [0, 0.1) is 0 Å². The summed E-state index contributed by atoms with van der Waals surface area (Å²) < 4.78 is 11.2. The van der Waals surface area contributed by atoms with Crippen LogP contribution in [0.25, 0.3) is 11.1 Å². The van der Waals surface area contributed by atoms with E-state index in [0.29, 0.717) is 0 Å². The van der Waals surface area contributed by atoms with Gasteiger partial charge in [0, 0.05) is 19.0 Å². The van der Waals surface area contributed by atoms with Crippen LogP contribution in [-0.4, -0.2) is 49.8 Å². The number of carbonyl (C=O) groups excluding carboxylic acids is 2. The Kier molecular flexibility index (Phi) is 5.45. The van der Waals surface area contributed by atoms with E-state index in [1.54, 1.807) is 0 Å². The van der Waals surface area contributed by atoms with Crippen LogP contribution < -0.4 is 10.6 Å². The number of ether oxygens (including phenoxy) is 1. The van der Waals surface area contributed by atoms with Gasteiger partial charge in [-0.25, -0.2) is 14.2 Å². The first kappa shape index (κ1) is 21.8. The van der Waals surface area contributed by atoms with E-state index in [2.05, 4.69) is 30.7 Å². The number of aromatic nitrogens is 4. The Balaban J connectivity index is 1.26. The predicted octanol–water partition coefficient (Wildman–Crippen LogP) is 3.11. The van der Waals surface area contributed by atoms with Crippen molar-refractivity contribution in [3.63, 3.8) is 0 Å². The molecule has 2 aromatic carbocycles. The number of nitrogens with zero attached hydrogens (tertiary/aromatic N) is 4. The Morgan fingerprint density at radius 3 is 2.31 bits per heavy atom. The third kappa shape index (κ3) is 4.08. The number of fused-ring (bicyclic) bond motifs is 3. The van der Waals surface area contributed by atoms with Gasteiger partial charge in [-0.1, -0.05) is 48.5 Å². The fraction of sp³-hybridized carbons (Fsp3) is 0.130. The van der Waals surface area contributed by atoms with Crippen molar-refractivity contribution in [3.8, 4) is 11.1 Å². The van der Waals surface area contributed by atoms with Gasteiger partial charge < -0.3 is 15.2 Å². The van der Waals surface area contributed by atoms with Gasteiger partial charge in [0.2, 0.25) is 11.5 Å². The molecule has 1 aliphatic rings. The Hall–Kier alpha value is -5.00. The van der Waals surface area contributed by atoms with E-state index in [0.717, 1.165) is 22.3 Å². The minimum absolute atomic E-state index is 0.0691. The number of aromatic carboxylic acids is 1. The first-order chi connectivity index (χ1) is 16.9. The molecule has 0 unspecified atom stereocenters. The summed E-state index contributed by atoms with van der Waals surface area (Å²) in [7, 11) is 1.46.